The van der Waals surface area contributed by atoms with E-state index in [1.807, 2.05) is 31.2 Å². The van der Waals surface area contributed by atoms with Gasteiger partial charge >= 0.3 is 5.97 Å². The molecule has 4 atom stereocenters. The molecular formula is C22H31N5O6. The minimum atomic E-state index is -1.29. The van der Waals surface area contributed by atoms with Crippen molar-refractivity contribution in [1.82, 2.24) is 20.9 Å². The maximum Gasteiger partial charge on any atom is 0.326 e. The topological polar surface area (TPSA) is 187 Å². The molecule has 0 aliphatic heterocycles. The van der Waals surface area contributed by atoms with Crippen LogP contribution in [0.25, 0.3) is 10.9 Å². The number of nitrogens with one attached hydrogen (secondary N) is 4. The number of hydrogen-bond donors (Lipinski definition) is 7. The summed E-state index contributed by atoms with van der Waals surface area (Å²) in [5.41, 5.74) is 6.80. The number of carboxylic acid groups (broad SMARTS) is 1. The third-order valence-electron chi connectivity index (χ3n) is 5.53. The number of fused-ring (bicyclic) bond motifs is 1. The second-order valence-corrected chi connectivity index (χ2v) is 7.84. The molecule has 11 nitrogen and oxygen atoms in total. The van der Waals surface area contributed by atoms with Gasteiger partial charge < -0.3 is 36.9 Å². The number of nitrogens with two attached hydrogens (primary N) is 1. The molecular weight excluding hydrogens is 430 g/mol. The van der Waals surface area contributed by atoms with E-state index in [0.717, 1.165) is 16.5 Å². The van der Waals surface area contributed by atoms with Crippen LogP contribution in [0.5, 0.6) is 0 Å². The Balaban J connectivity index is 2.16. The van der Waals surface area contributed by atoms with Crippen LogP contribution >= 0.6 is 0 Å². The number of H-pyrrole nitrogens is 1. The summed E-state index contributed by atoms with van der Waals surface area (Å²) in [6.45, 7) is 2.49. The number of rotatable bonds is 12. The average Bonchev–Trinajstić information content (AvgIpc) is 3.22. The van der Waals surface area contributed by atoms with Crippen molar-refractivity contribution in [2.45, 2.75) is 44.8 Å². The first-order valence-electron chi connectivity index (χ1n) is 10.7. The average molecular weight is 462 g/mol. The van der Waals surface area contributed by atoms with E-state index < -0.39 is 48.4 Å². The van der Waals surface area contributed by atoms with E-state index >= 15 is 0 Å². The zero-order chi connectivity index (χ0) is 24.5. The molecule has 180 valence electrons. The lowest BCUT2D eigenvalue weighted by Crippen LogP contribution is -2.59. The van der Waals surface area contributed by atoms with Crippen molar-refractivity contribution < 1.29 is 29.4 Å². The van der Waals surface area contributed by atoms with Gasteiger partial charge in [0.1, 0.15) is 18.1 Å². The molecule has 0 spiro atoms. The van der Waals surface area contributed by atoms with Crippen molar-refractivity contribution in [3.05, 3.63) is 36.0 Å². The van der Waals surface area contributed by atoms with Crippen LogP contribution in [0.3, 0.4) is 0 Å². The van der Waals surface area contributed by atoms with Gasteiger partial charge in [-0.15, -0.1) is 0 Å². The molecule has 11 heteroatoms. The van der Waals surface area contributed by atoms with Crippen LogP contribution in [-0.2, 0) is 25.6 Å². The number of carboxylic acids is 1. The maximum atomic E-state index is 13.0. The van der Waals surface area contributed by atoms with Crippen molar-refractivity contribution in [3.63, 3.8) is 0 Å². The number of amides is 3. The third-order valence-corrected chi connectivity index (χ3v) is 5.53. The zero-order valence-electron chi connectivity index (χ0n) is 18.6. The van der Waals surface area contributed by atoms with Crippen LogP contribution in [0.4, 0.5) is 0 Å². The van der Waals surface area contributed by atoms with E-state index in [0.29, 0.717) is 6.42 Å². The van der Waals surface area contributed by atoms with E-state index in [4.69, 9.17) is 5.73 Å². The van der Waals surface area contributed by atoms with E-state index in [1.165, 1.54) is 0 Å². The van der Waals surface area contributed by atoms with E-state index in [9.17, 15) is 29.4 Å². The Kier molecular flexibility index (Phi) is 9.37. The number of carbonyl (C=O) groups excluding carboxylic acids is 3. The molecule has 4 unspecified atom stereocenters. The largest absolute Gasteiger partial charge is 0.480 e. The van der Waals surface area contributed by atoms with Crippen molar-refractivity contribution in [1.29, 1.82) is 0 Å². The van der Waals surface area contributed by atoms with Gasteiger partial charge in [-0.3, -0.25) is 14.4 Å². The molecule has 33 heavy (non-hydrogen) atoms. The monoisotopic (exact) mass is 461 g/mol. The summed E-state index contributed by atoms with van der Waals surface area (Å²) in [4.78, 5) is 52.0. The zero-order valence-corrected chi connectivity index (χ0v) is 18.6. The van der Waals surface area contributed by atoms with Gasteiger partial charge in [0, 0.05) is 23.5 Å². The molecule has 8 N–H and O–H groups in total. The van der Waals surface area contributed by atoms with Gasteiger partial charge in [0.25, 0.3) is 0 Å². The lowest BCUT2D eigenvalue weighted by atomic mass is 9.97. The molecule has 1 aromatic carbocycles. The number of aromatic nitrogens is 1. The Labute approximate surface area is 191 Å². The molecule has 2 rings (SSSR count). The quantitative estimate of drug-likeness (QED) is 0.216. The highest BCUT2D eigenvalue weighted by Crippen LogP contribution is 2.19. The normalized spacial score (nSPS) is 14.7. The fourth-order valence-corrected chi connectivity index (χ4v) is 3.39. The molecule has 0 saturated carbocycles. The number of aromatic amines is 1. The summed E-state index contributed by atoms with van der Waals surface area (Å²) in [5, 5.41) is 27.3. The van der Waals surface area contributed by atoms with Gasteiger partial charge in [0.05, 0.1) is 13.2 Å². The van der Waals surface area contributed by atoms with Crippen molar-refractivity contribution in [2.24, 2.45) is 11.7 Å². The molecule has 3 amide bonds. The fraction of sp³-hybridized carbons (Fsp3) is 0.455. The second kappa shape index (κ2) is 12.0. The number of hydrogen-bond acceptors (Lipinski definition) is 6. The van der Waals surface area contributed by atoms with E-state index in [2.05, 4.69) is 20.9 Å². The van der Waals surface area contributed by atoms with Crippen LogP contribution in [0, 0.1) is 5.92 Å². The molecule has 2 aromatic rings. The molecule has 0 aliphatic rings. The summed E-state index contributed by atoms with van der Waals surface area (Å²) in [5.74, 6) is -3.65. The number of aliphatic hydroxyl groups is 1. The Morgan fingerprint density at radius 1 is 1.06 bits per heavy atom. The van der Waals surface area contributed by atoms with Crippen LogP contribution in [0.2, 0.25) is 0 Å². The predicted molar refractivity (Wildman–Crippen MR) is 121 cm³/mol. The number of aliphatic hydroxyl groups excluding tert-OH is 1. The highest BCUT2D eigenvalue weighted by molar-refractivity contribution is 5.94. The van der Waals surface area contributed by atoms with Crippen molar-refractivity contribution >= 4 is 34.6 Å². The van der Waals surface area contributed by atoms with E-state index in [1.54, 1.807) is 13.1 Å². The van der Waals surface area contributed by atoms with Gasteiger partial charge in [-0.1, -0.05) is 38.5 Å². The van der Waals surface area contributed by atoms with Crippen LogP contribution in [0.1, 0.15) is 25.8 Å². The summed E-state index contributed by atoms with van der Waals surface area (Å²) < 4.78 is 0. The fourth-order valence-electron chi connectivity index (χ4n) is 3.39. The smallest absolute Gasteiger partial charge is 0.326 e. The lowest BCUT2D eigenvalue weighted by molar-refractivity contribution is -0.142. The standard InChI is InChI=1S/C22H31N5O6/c1-3-12(2)19(27-20(30)17(11-28)25-18(29)9-23)21(31)26-16(22(32)33)8-13-10-24-15-7-5-4-6-14(13)15/h4-7,10,12,16-17,19,24,28H,3,8-9,11,23H2,1-2H3,(H,25,29)(H,26,31)(H,27,30)(H,32,33). The minimum Gasteiger partial charge on any atom is -0.480 e. The summed E-state index contributed by atoms with van der Waals surface area (Å²) in [6, 6.07) is 3.82. The van der Waals surface area contributed by atoms with Crippen LogP contribution < -0.4 is 21.7 Å². The Morgan fingerprint density at radius 2 is 1.76 bits per heavy atom. The molecule has 1 aromatic heterocycles. The number of benzene rings is 1. The van der Waals surface area contributed by atoms with Crippen molar-refractivity contribution in [3.8, 4) is 0 Å². The highest BCUT2D eigenvalue weighted by Gasteiger charge is 2.32. The number of carbonyl (C=O) groups is 4. The van der Waals surface area contributed by atoms with Gasteiger partial charge in [0.15, 0.2) is 0 Å². The van der Waals surface area contributed by atoms with Crippen LogP contribution in [0.15, 0.2) is 30.5 Å². The summed E-state index contributed by atoms with van der Waals surface area (Å²) >= 11 is 0. The first kappa shape index (κ1) is 25.8. The van der Waals surface area contributed by atoms with Crippen molar-refractivity contribution in [2.75, 3.05) is 13.2 Å². The number of para-hydroxylation sites is 1. The van der Waals surface area contributed by atoms with E-state index in [-0.39, 0.29) is 18.9 Å². The summed E-state index contributed by atoms with van der Waals surface area (Å²) in [7, 11) is 0. The molecule has 0 fully saturated rings. The SMILES string of the molecule is CCC(C)C(NC(=O)C(CO)NC(=O)CN)C(=O)NC(Cc1c[nH]c2ccccc12)C(=O)O. The lowest BCUT2D eigenvalue weighted by Gasteiger charge is -2.27. The third kappa shape index (κ3) is 6.77. The Morgan fingerprint density at radius 3 is 2.36 bits per heavy atom. The Bertz CT molecular complexity index is 991. The number of aliphatic carboxylic acids is 1. The Hall–Kier alpha value is -3.44. The van der Waals surface area contributed by atoms with Gasteiger partial charge in [-0.05, 0) is 17.5 Å². The first-order valence-corrected chi connectivity index (χ1v) is 10.7. The molecule has 1 heterocycles. The maximum absolute atomic E-state index is 13.0. The molecule has 0 bridgehead atoms. The molecule has 0 saturated heterocycles. The molecule has 0 radical (unpaired) electrons. The molecule has 0 aliphatic carbocycles. The predicted octanol–water partition coefficient (Wildman–Crippen LogP) is -0.753. The van der Waals surface area contributed by atoms with Gasteiger partial charge in [-0.2, -0.15) is 0 Å². The first-order chi connectivity index (χ1) is 15.7. The van der Waals surface area contributed by atoms with Gasteiger partial charge in [-0.25, -0.2) is 4.79 Å². The summed E-state index contributed by atoms with van der Waals surface area (Å²) in [6.07, 6.45) is 2.25. The van der Waals surface area contributed by atoms with Crippen LogP contribution in [-0.4, -0.2) is 70.2 Å². The highest BCUT2D eigenvalue weighted by atomic mass is 16.4. The minimum absolute atomic E-state index is 0.0398. The van der Waals surface area contributed by atoms with Gasteiger partial charge in [0.2, 0.25) is 17.7 Å². The second-order valence-electron chi connectivity index (χ2n) is 7.84.